The number of rotatable bonds is 4. The van der Waals surface area contributed by atoms with Gasteiger partial charge in [0.15, 0.2) is 0 Å². The zero-order chi connectivity index (χ0) is 12.1. The van der Waals surface area contributed by atoms with Gasteiger partial charge in [-0.25, -0.2) is 0 Å². The van der Waals surface area contributed by atoms with Crippen molar-refractivity contribution in [3.05, 3.63) is 35.9 Å². The zero-order valence-corrected chi connectivity index (χ0v) is 9.84. The van der Waals surface area contributed by atoms with E-state index in [-0.39, 0.29) is 11.9 Å². The van der Waals surface area contributed by atoms with Crippen molar-refractivity contribution in [1.29, 1.82) is 0 Å². The minimum absolute atomic E-state index is 0.100. The molecule has 3 heteroatoms. The first kappa shape index (κ1) is 11.8. The highest BCUT2D eigenvalue weighted by Gasteiger charge is 2.27. The average Bonchev–Trinajstić information content (AvgIpc) is 2.85. The van der Waals surface area contributed by atoms with E-state index in [9.17, 15) is 9.59 Å². The lowest BCUT2D eigenvalue weighted by atomic mass is 10.1. The molecule has 1 atom stereocenters. The molecule has 1 heterocycles. The molecule has 0 spiro atoms. The normalized spacial score (nSPS) is 19.3. The molecule has 0 saturated carbocycles. The summed E-state index contributed by atoms with van der Waals surface area (Å²) in [7, 11) is 0. The molecule has 0 aromatic heterocycles. The second-order valence-corrected chi connectivity index (χ2v) is 4.42. The summed E-state index contributed by atoms with van der Waals surface area (Å²) < 4.78 is 0. The van der Waals surface area contributed by atoms with Gasteiger partial charge in [0.25, 0.3) is 0 Å². The van der Waals surface area contributed by atoms with E-state index >= 15 is 0 Å². The fraction of sp³-hybridized carbons (Fsp3) is 0.429. The molecule has 1 aromatic carbocycles. The number of carbonyl (C=O) groups excluding carboxylic acids is 2. The fourth-order valence-electron chi connectivity index (χ4n) is 2.28. The second-order valence-electron chi connectivity index (χ2n) is 4.42. The summed E-state index contributed by atoms with van der Waals surface area (Å²) in [6, 6.07) is 9.78. The predicted octanol–water partition coefficient (Wildman–Crippen LogP) is 1.81. The first-order valence-electron chi connectivity index (χ1n) is 6.10. The van der Waals surface area contributed by atoms with Crippen LogP contribution in [0.3, 0.4) is 0 Å². The highest BCUT2D eigenvalue weighted by Crippen LogP contribution is 2.17. The van der Waals surface area contributed by atoms with Gasteiger partial charge in [0, 0.05) is 13.0 Å². The van der Waals surface area contributed by atoms with Crippen LogP contribution >= 0.6 is 0 Å². The molecule has 2 rings (SSSR count). The molecule has 90 valence electrons. The molecule has 1 amide bonds. The third-order valence-corrected chi connectivity index (χ3v) is 3.25. The first-order chi connectivity index (χ1) is 8.31. The van der Waals surface area contributed by atoms with Crippen molar-refractivity contribution in [2.75, 3.05) is 6.54 Å². The van der Waals surface area contributed by atoms with Gasteiger partial charge in [-0.05, 0) is 24.8 Å². The van der Waals surface area contributed by atoms with Crippen LogP contribution in [0.2, 0.25) is 0 Å². The number of aryl methyl sites for hydroxylation is 1. The van der Waals surface area contributed by atoms with E-state index < -0.39 is 0 Å². The van der Waals surface area contributed by atoms with Gasteiger partial charge in [0.2, 0.25) is 5.91 Å². The molecule has 1 aliphatic heterocycles. The number of nitrogens with zero attached hydrogens (tertiary/aromatic N) is 1. The van der Waals surface area contributed by atoms with Crippen LogP contribution in [0.4, 0.5) is 0 Å². The number of benzene rings is 1. The van der Waals surface area contributed by atoms with Gasteiger partial charge >= 0.3 is 0 Å². The van der Waals surface area contributed by atoms with Gasteiger partial charge in [-0.15, -0.1) is 0 Å². The zero-order valence-electron chi connectivity index (χ0n) is 9.84. The van der Waals surface area contributed by atoms with Crippen molar-refractivity contribution in [3.8, 4) is 0 Å². The van der Waals surface area contributed by atoms with E-state index in [1.54, 1.807) is 4.90 Å². The molecule has 0 aliphatic carbocycles. The standard InChI is InChI=1S/C14H17NO2/c16-11-13-7-4-10-15(13)14(17)9-8-12-5-2-1-3-6-12/h1-3,5-6,11,13H,4,7-10H2/t13-/m0/s1. The minimum atomic E-state index is -0.182. The second kappa shape index (κ2) is 5.62. The Labute approximate surface area is 101 Å². The van der Waals surface area contributed by atoms with Gasteiger partial charge in [-0.1, -0.05) is 30.3 Å². The van der Waals surface area contributed by atoms with Crippen molar-refractivity contribution < 1.29 is 9.59 Å². The third kappa shape index (κ3) is 2.93. The van der Waals surface area contributed by atoms with Crippen molar-refractivity contribution in [2.24, 2.45) is 0 Å². The van der Waals surface area contributed by atoms with Gasteiger partial charge in [-0.3, -0.25) is 4.79 Å². The maximum Gasteiger partial charge on any atom is 0.223 e. The number of hydrogen-bond acceptors (Lipinski definition) is 2. The molecule has 17 heavy (non-hydrogen) atoms. The summed E-state index contributed by atoms with van der Waals surface area (Å²) in [6.45, 7) is 0.733. The topological polar surface area (TPSA) is 37.4 Å². The summed E-state index contributed by atoms with van der Waals surface area (Å²) in [5.41, 5.74) is 1.17. The molecule has 0 N–H and O–H groups in total. The Hall–Kier alpha value is -1.64. The summed E-state index contributed by atoms with van der Waals surface area (Å²) in [5.74, 6) is 0.100. The highest BCUT2D eigenvalue weighted by molar-refractivity contribution is 5.80. The van der Waals surface area contributed by atoms with Crippen LogP contribution in [0.25, 0.3) is 0 Å². The van der Waals surface area contributed by atoms with Crippen molar-refractivity contribution in [1.82, 2.24) is 4.90 Å². The Morgan fingerprint density at radius 3 is 2.82 bits per heavy atom. The van der Waals surface area contributed by atoms with Crippen LogP contribution in [-0.2, 0) is 16.0 Å². The van der Waals surface area contributed by atoms with E-state index in [0.717, 1.165) is 32.1 Å². The van der Waals surface area contributed by atoms with E-state index in [0.29, 0.717) is 6.42 Å². The van der Waals surface area contributed by atoms with Crippen molar-refractivity contribution in [3.63, 3.8) is 0 Å². The Balaban J connectivity index is 1.87. The Kier molecular flexibility index (Phi) is 3.91. The number of likely N-dealkylation sites (tertiary alicyclic amines) is 1. The molecule has 1 aromatic rings. The third-order valence-electron chi connectivity index (χ3n) is 3.25. The maximum absolute atomic E-state index is 12.0. The van der Waals surface area contributed by atoms with Crippen LogP contribution in [0.1, 0.15) is 24.8 Å². The number of hydrogen-bond donors (Lipinski definition) is 0. The SMILES string of the molecule is O=C[C@@H]1CCCN1C(=O)CCc1ccccc1. The maximum atomic E-state index is 12.0. The fourth-order valence-corrected chi connectivity index (χ4v) is 2.28. The summed E-state index contributed by atoms with van der Waals surface area (Å²) >= 11 is 0. The van der Waals surface area contributed by atoms with Crippen molar-refractivity contribution in [2.45, 2.75) is 31.7 Å². The first-order valence-corrected chi connectivity index (χ1v) is 6.10. The average molecular weight is 231 g/mol. The summed E-state index contributed by atoms with van der Waals surface area (Å²) in [4.78, 5) is 24.5. The Morgan fingerprint density at radius 1 is 1.35 bits per heavy atom. The molecule has 0 bridgehead atoms. The highest BCUT2D eigenvalue weighted by atomic mass is 16.2. The molecule has 1 aliphatic rings. The minimum Gasteiger partial charge on any atom is -0.333 e. The molecule has 3 nitrogen and oxygen atoms in total. The quantitative estimate of drug-likeness (QED) is 0.741. The predicted molar refractivity (Wildman–Crippen MR) is 65.6 cm³/mol. The van der Waals surface area contributed by atoms with E-state index in [1.165, 1.54) is 5.56 Å². The lowest BCUT2D eigenvalue weighted by molar-refractivity contribution is -0.134. The van der Waals surface area contributed by atoms with Crippen LogP contribution in [-0.4, -0.2) is 29.7 Å². The smallest absolute Gasteiger partial charge is 0.223 e. The molecular weight excluding hydrogens is 214 g/mol. The number of amides is 1. The van der Waals surface area contributed by atoms with E-state index in [4.69, 9.17) is 0 Å². The van der Waals surface area contributed by atoms with Crippen LogP contribution in [0.5, 0.6) is 0 Å². The van der Waals surface area contributed by atoms with E-state index in [2.05, 4.69) is 0 Å². The molecule has 0 radical (unpaired) electrons. The van der Waals surface area contributed by atoms with Gasteiger partial charge in [0.1, 0.15) is 6.29 Å². The van der Waals surface area contributed by atoms with Crippen LogP contribution < -0.4 is 0 Å². The molecule has 1 fully saturated rings. The largest absolute Gasteiger partial charge is 0.333 e. The monoisotopic (exact) mass is 231 g/mol. The van der Waals surface area contributed by atoms with Crippen LogP contribution in [0, 0.1) is 0 Å². The number of aldehydes is 1. The lowest BCUT2D eigenvalue weighted by Crippen LogP contribution is -2.36. The molecule has 1 saturated heterocycles. The molecular formula is C14H17NO2. The van der Waals surface area contributed by atoms with Gasteiger partial charge in [0.05, 0.1) is 6.04 Å². The Bertz CT molecular complexity index is 388. The van der Waals surface area contributed by atoms with Crippen molar-refractivity contribution >= 4 is 12.2 Å². The van der Waals surface area contributed by atoms with Gasteiger partial charge in [-0.2, -0.15) is 0 Å². The van der Waals surface area contributed by atoms with Gasteiger partial charge < -0.3 is 9.69 Å². The van der Waals surface area contributed by atoms with Crippen LogP contribution in [0.15, 0.2) is 30.3 Å². The molecule has 0 unspecified atom stereocenters. The number of carbonyl (C=O) groups is 2. The lowest BCUT2D eigenvalue weighted by Gasteiger charge is -2.20. The Morgan fingerprint density at radius 2 is 2.12 bits per heavy atom. The van der Waals surface area contributed by atoms with E-state index in [1.807, 2.05) is 30.3 Å². The summed E-state index contributed by atoms with van der Waals surface area (Å²) in [5, 5.41) is 0. The summed E-state index contributed by atoms with van der Waals surface area (Å²) in [6.07, 6.45) is 3.91.